The third kappa shape index (κ3) is 1.78. The Morgan fingerprint density at radius 2 is 2.10 bits per heavy atom. The Bertz CT molecular complexity index is 709. The molecule has 0 radical (unpaired) electrons. The van der Waals surface area contributed by atoms with Gasteiger partial charge in [0.2, 0.25) is 5.95 Å². The Labute approximate surface area is 123 Å². The summed E-state index contributed by atoms with van der Waals surface area (Å²) in [5.74, 6) is 0.985. The quantitative estimate of drug-likeness (QED) is 0.856. The lowest BCUT2D eigenvalue weighted by Gasteiger charge is -2.36. The number of imidazole rings is 1. The number of amides is 2. The number of rotatable bonds is 1. The van der Waals surface area contributed by atoms with Crippen LogP contribution in [0, 0.1) is 0 Å². The van der Waals surface area contributed by atoms with Crippen molar-refractivity contribution < 1.29 is 4.79 Å². The van der Waals surface area contributed by atoms with Gasteiger partial charge in [0.05, 0.1) is 23.1 Å². The van der Waals surface area contributed by atoms with Crippen LogP contribution in [0.2, 0.25) is 0 Å². The zero-order chi connectivity index (χ0) is 14.6. The number of likely N-dealkylation sites (N-methyl/N-ethyl adjacent to an activating group) is 1. The minimum Gasteiger partial charge on any atom is -0.340 e. The predicted octanol–water partition coefficient (Wildman–Crippen LogP) is 1.18. The normalized spacial score (nSPS) is 25.3. The monoisotopic (exact) mass is 285 g/mol. The zero-order valence-corrected chi connectivity index (χ0v) is 12.3. The molecular weight excluding hydrogens is 266 g/mol. The molecule has 0 spiro atoms. The highest BCUT2D eigenvalue weighted by atomic mass is 16.2. The number of hydrogen-bond donors (Lipinski definition) is 1. The number of para-hydroxylation sites is 2. The number of aromatic nitrogens is 2. The van der Waals surface area contributed by atoms with E-state index in [-0.39, 0.29) is 12.1 Å². The van der Waals surface area contributed by atoms with Gasteiger partial charge in [0.1, 0.15) is 0 Å². The molecule has 6 heteroatoms. The minimum absolute atomic E-state index is 0.0388. The molecule has 2 saturated heterocycles. The predicted molar refractivity (Wildman–Crippen MR) is 81.4 cm³/mol. The second kappa shape index (κ2) is 4.38. The molecule has 1 aromatic carbocycles. The lowest BCUT2D eigenvalue weighted by atomic mass is 10.0. The third-order valence-corrected chi connectivity index (χ3v) is 4.75. The van der Waals surface area contributed by atoms with E-state index in [0.717, 1.165) is 36.5 Å². The van der Waals surface area contributed by atoms with E-state index in [2.05, 4.69) is 27.9 Å². The van der Waals surface area contributed by atoms with Crippen molar-refractivity contribution in [2.75, 3.05) is 25.0 Å². The summed E-state index contributed by atoms with van der Waals surface area (Å²) in [6, 6.07) is 8.71. The molecule has 21 heavy (non-hydrogen) atoms. The van der Waals surface area contributed by atoms with Crippen LogP contribution in [0.1, 0.15) is 6.42 Å². The highest BCUT2D eigenvalue weighted by Crippen LogP contribution is 2.27. The van der Waals surface area contributed by atoms with Crippen LogP contribution in [0.15, 0.2) is 24.3 Å². The summed E-state index contributed by atoms with van der Waals surface area (Å²) in [5.41, 5.74) is 2.16. The van der Waals surface area contributed by atoms with Crippen LogP contribution in [0.5, 0.6) is 0 Å². The molecule has 1 aromatic heterocycles. The standard InChI is InChI=1S/C15H19N5O/c1-18-12-6-4-3-5-10(12)16-14(18)20-8-7-13-11(9-20)17-15(21)19(13)2/h3-6,11,13H,7-9H2,1-2H3,(H,17,21)/t11-,13+/m1/s1. The summed E-state index contributed by atoms with van der Waals surface area (Å²) in [5, 5.41) is 3.07. The second-order valence-electron chi connectivity index (χ2n) is 5.93. The Hall–Kier alpha value is -2.24. The fourth-order valence-electron chi connectivity index (χ4n) is 3.55. The molecule has 3 heterocycles. The number of carbonyl (C=O) groups excluding carboxylic acids is 1. The largest absolute Gasteiger partial charge is 0.340 e. The van der Waals surface area contributed by atoms with Gasteiger partial charge in [-0.15, -0.1) is 0 Å². The highest BCUT2D eigenvalue weighted by molar-refractivity contribution is 5.79. The Kier molecular flexibility index (Phi) is 2.60. The fraction of sp³-hybridized carbons (Fsp3) is 0.467. The van der Waals surface area contributed by atoms with Gasteiger partial charge in [0, 0.05) is 27.2 Å². The summed E-state index contributed by atoms with van der Waals surface area (Å²) >= 11 is 0. The number of anilines is 1. The van der Waals surface area contributed by atoms with E-state index < -0.39 is 0 Å². The van der Waals surface area contributed by atoms with Crippen LogP contribution in [-0.2, 0) is 7.05 Å². The smallest absolute Gasteiger partial charge is 0.317 e. The number of benzene rings is 1. The van der Waals surface area contributed by atoms with Crippen molar-refractivity contribution in [2.24, 2.45) is 7.05 Å². The average Bonchev–Trinajstić information content (AvgIpc) is 2.98. The number of carbonyl (C=O) groups is 1. The lowest BCUT2D eigenvalue weighted by molar-refractivity contribution is 0.211. The first-order valence-electron chi connectivity index (χ1n) is 7.35. The molecule has 0 bridgehead atoms. The number of hydrogen-bond acceptors (Lipinski definition) is 3. The van der Waals surface area contributed by atoms with Crippen molar-refractivity contribution in [2.45, 2.75) is 18.5 Å². The number of fused-ring (bicyclic) bond motifs is 2. The SMILES string of the molecule is CN1C(=O)N[C@@H]2CN(c3nc4ccccc4n3C)CC[C@@H]21. The summed E-state index contributed by atoms with van der Waals surface area (Å²) in [6.07, 6.45) is 0.975. The highest BCUT2D eigenvalue weighted by Gasteiger charge is 2.41. The van der Waals surface area contributed by atoms with Gasteiger partial charge in [0.15, 0.2) is 0 Å². The molecule has 2 atom stereocenters. The van der Waals surface area contributed by atoms with E-state index in [4.69, 9.17) is 4.98 Å². The van der Waals surface area contributed by atoms with Crippen molar-refractivity contribution in [3.63, 3.8) is 0 Å². The van der Waals surface area contributed by atoms with Crippen LogP contribution >= 0.6 is 0 Å². The first-order chi connectivity index (χ1) is 10.1. The first-order valence-corrected chi connectivity index (χ1v) is 7.35. The van der Waals surface area contributed by atoms with E-state index in [9.17, 15) is 4.79 Å². The van der Waals surface area contributed by atoms with Crippen molar-refractivity contribution >= 4 is 23.0 Å². The number of nitrogens with zero attached hydrogens (tertiary/aromatic N) is 4. The van der Waals surface area contributed by atoms with Crippen LogP contribution in [0.3, 0.4) is 0 Å². The van der Waals surface area contributed by atoms with Crippen molar-refractivity contribution in [1.82, 2.24) is 19.8 Å². The lowest BCUT2D eigenvalue weighted by Crippen LogP contribution is -2.51. The van der Waals surface area contributed by atoms with E-state index in [0.29, 0.717) is 6.04 Å². The Morgan fingerprint density at radius 3 is 2.90 bits per heavy atom. The number of urea groups is 1. The fourth-order valence-corrected chi connectivity index (χ4v) is 3.55. The zero-order valence-electron chi connectivity index (χ0n) is 12.3. The van der Waals surface area contributed by atoms with Crippen molar-refractivity contribution in [1.29, 1.82) is 0 Å². The topological polar surface area (TPSA) is 53.4 Å². The summed E-state index contributed by atoms with van der Waals surface area (Å²) in [4.78, 5) is 20.6. The Morgan fingerprint density at radius 1 is 1.29 bits per heavy atom. The van der Waals surface area contributed by atoms with Gasteiger partial charge in [-0.1, -0.05) is 12.1 Å². The molecule has 4 rings (SSSR count). The maximum absolute atomic E-state index is 11.8. The molecule has 0 aliphatic carbocycles. The van der Waals surface area contributed by atoms with Gasteiger partial charge in [0.25, 0.3) is 0 Å². The molecule has 6 nitrogen and oxygen atoms in total. The maximum Gasteiger partial charge on any atom is 0.317 e. The molecule has 1 N–H and O–H groups in total. The van der Waals surface area contributed by atoms with Gasteiger partial charge < -0.3 is 19.7 Å². The first kappa shape index (κ1) is 12.5. The van der Waals surface area contributed by atoms with Crippen LogP contribution in [-0.4, -0.2) is 52.7 Å². The maximum atomic E-state index is 11.8. The van der Waals surface area contributed by atoms with E-state index in [1.54, 1.807) is 0 Å². The second-order valence-corrected chi connectivity index (χ2v) is 5.93. The van der Waals surface area contributed by atoms with Crippen molar-refractivity contribution in [3.8, 4) is 0 Å². The van der Waals surface area contributed by atoms with Crippen molar-refractivity contribution in [3.05, 3.63) is 24.3 Å². The summed E-state index contributed by atoms with van der Waals surface area (Å²) in [6.45, 7) is 1.75. The molecule has 0 saturated carbocycles. The summed E-state index contributed by atoms with van der Waals surface area (Å²) < 4.78 is 2.14. The van der Waals surface area contributed by atoms with E-state index >= 15 is 0 Å². The molecule has 2 fully saturated rings. The summed E-state index contributed by atoms with van der Waals surface area (Å²) in [7, 11) is 3.93. The van der Waals surface area contributed by atoms with Gasteiger partial charge in [-0.05, 0) is 18.6 Å². The number of aryl methyl sites for hydroxylation is 1. The molecule has 2 aliphatic rings. The third-order valence-electron chi connectivity index (χ3n) is 4.75. The molecule has 110 valence electrons. The minimum atomic E-state index is 0.0388. The van der Waals surface area contributed by atoms with Crippen LogP contribution < -0.4 is 10.2 Å². The molecule has 0 unspecified atom stereocenters. The molecular formula is C15H19N5O. The molecule has 2 aromatic rings. The van der Waals surface area contributed by atoms with E-state index in [1.165, 1.54) is 0 Å². The Balaban J connectivity index is 1.65. The number of piperidine rings is 1. The number of nitrogens with one attached hydrogen (secondary N) is 1. The van der Waals surface area contributed by atoms with Gasteiger partial charge in [-0.25, -0.2) is 9.78 Å². The average molecular weight is 285 g/mol. The molecule has 2 amide bonds. The molecule has 2 aliphatic heterocycles. The van der Waals surface area contributed by atoms with Crippen LogP contribution in [0.25, 0.3) is 11.0 Å². The van der Waals surface area contributed by atoms with Gasteiger partial charge in [-0.2, -0.15) is 0 Å². The van der Waals surface area contributed by atoms with Gasteiger partial charge in [-0.3, -0.25) is 0 Å². The van der Waals surface area contributed by atoms with Crippen LogP contribution in [0.4, 0.5) is 10.7 Å². The van der Waals surface area contributed by atoms with Gasteiger partial charge >= 0.3 is 6.03 Å². The van der Waals surface area contributed by atoms with E-state index in [1.807, 2.05) is 30.1 Å².